The lowest BCUT2D eigenvalue weighted by Crippen LogP contribution is -2.33. The van der Waals surface area contributed by atoms with Crippen LogP contribution in [0.15, 0.2) is 24.3 Å². The number of hydrogen-bond donors (Lipinski definition) is 2. The second-order valence-corrected chi connectivity index (χ2v) is 3.54. The van der Waals surface area contributed by atoms with Crippen LogP contribution in [0.4, 0.5) is 8.78 Å². The van der Waals surface area contributed by atoms with Gasteiger partial charge in [0.1, 0.15) is 17.7 Å². The number of halogens is 2. The van der Waals surface area contributed by atoms with E-state index in [9.17, 15) is 13.6 Å². The molecule has 1 aromatic rings. The second kappa shape index (κ2) is 6.10. The van der Waals surface area contributed by atoms with Gasteiger partial charge in [0.05, 0.1) is 0 Å². The fraction of sp³-hybridized carbons (Fsp3) is 0.250. The van der Waals surface area contributed by atoms with Gasteiger partial charge in [-0.3, -0.25) is 4.79 Å². The Morgan fingerprint density at radius 3 is 2.82 bits per heavy atom. The maximum absolute atomic E-state index is 13.2. The molecule has 0 radical (unpaired) electrons. The van der Waals surface area contributed by atoms with Gasteiger partial charge in [0.15, 0.2) is 0 Å². The van der Waals surface area contributed by atoms with E-state index < -0.39 is 23.6 Å². The average Bonchev–Trinajstić information content (AvgIpc) is 2.26. The first kappa shape index (κ1) is 13.3. The average molecular weight is 241 g/mol. The normalized spacial score (nSPS) is 12.9. The Balaban J connectivity index is 2.51. The fourth-order valence-electron chi connectivity index (χ4n) is 1.15. The van der Waals surface area contributed by atoms with Crippen molar-refractivity contribution in [3.05, 3.63) is 41.5 Å². The van der Waals surface area contributed by atoms with Crippen LogP contribution >= 0.6 is 0 Å². The van der Waals surface area contributed by atoms with Crippen LogP contribution in [0, 0.1) is 11.6 Å². The zero-order chi connectivity index (χ0) is 12.8. The van der Waals surface area contributed by atoms with E-state index in [0.29, 0.717) is 6.54 Å². The van der Waals surface area contributed by atoms with Crippen molar-refractivity contribution >= 4 is 12.0 Å². The van der Waals surface area contributed by atoms with Crippen molar-refractivity contribution in [2.45, 2.75) is 13.0 Å². The lowest BCUT2D eigenvalue weighted by atomic mass is 10.2. The molecule has 5 heteroatoms. The summed E-state index contributed by atoms with van der Waals surface area (Å²) in [4.78, 5) is 10.5. The van der Waals surface area contributed by atoms with Crippen LogP contribution < -0.4 is 5.32 Å². The molecule has 0 saturated heterocycles. The Morgan fingerprint density at radius 1 is 1.53 bits per heavy atom. The summed E-state index contributed by atoms with van der Waals surface area (Å²) < 4.78 is 25.7. The van der Waals surface area contributed by atoms with E-state index >= 15 is 0 Å². The lowest BCUT2D eigenvalue weighted by molar-refractivity contribution is -0.138. The number of carbonyl (C=O) groups is 1. The first-order chi connectivity index (χ1) is 8.00. The zero-order valence-electron chi connectivity index (χ0n) is 9.28. The van der Waals surface area contributed by atoms with Gasteiger partial charge in [-0.05, 0) is 19.1 Å². The van der Waals surface area contributed by atoms with Gasteiger partial charge >= 0.3 is 5.97 Å². The molecule has 17 heavy (non-hydrogen) atoms. The minimum Gasteiger partial charge on any atom is -0.480 e. The van der Waals surface area contributed by atoms with E-state index in [-0.39, 0.29) is 5.56 Å². The van der Waals surface area contributed by atoms with Crippen molar-refractivity contribution in [1.29, 1.82) is 0 Å². The van der Waals surface area contributed by atoms with Gasteiger partial charge in [-0.1, -0.05) is 12.2 Å². The maximum Gasteiger partial charge on any atom is 0.320 e. The molecule has 3 nitrogen and oxygen atoms in total. The number of benzene rings is 1. The number of carboxylic acid groups (broad SMARTS) is 1. The quantitative estimate of drug-likeness (QED) is 0.829. The molecular weight excluding hydrogens is 228 g/mol. The molecule has 2 N–H and O–H groups in total. The highest BCUT2D eigenvalue weighted by Crippen LogP contribution is 2.10. The highest BCUT2D eigenvalue weighted by Gasteiger charge is 2.07. The molecule has 0 fully saturated rings. The van der Waals surface area contributed by atoms with Gasteiger partial charge in [0.2, 0.25) is 0 Å². The Kier molecular flexibility index (Phi) is 4.78. The van der Waals surface area contributed by atoms with E-state index in [1.54, 1.807) is 6.08 Å². The van der Waals surface area contributed by atoms with Crippen molar-refractivity contribution in [2.24, 2.45) is 0 Å². The van der Waals surface area contributed by atoms with Crippen LogP contribution in [0.25, 0.3) is 6.08 Å². The summed E-state index contributed by atoms with van der Waals surface area (Å²) in [6, 6.07) is 2.61. The number of rotatable bonds is 5. The third-order valence-electron chi connectivity index (χ3n) is 2.17. The van der Waals surface area contributed by atoms with Gasteiger partial charge in [0, 0.05) is 18.2 Å². The molecule has 0 bridgehead atoms. The molecule has 92 valence electrons. The molecule has 0 aromatic heterocycles. The number of hydrogen-bond acceptors (Lipinski definition) is 2. The fourth-order valence-corrected chi connectivity index (χ4v) is 1.15. The lowest BCUT2D eigenvalue weighted by Gasteiger charge is -2.05. The molecule has 0 aliphatic heterocycles. The molecule has 0 amide bonds. The highest BCUT2D eigenvalue weighted by molar-refractivity contribution is 5.72. The number of aliphatic carboxylic acids is 1. The van der Waals surface area contributed by atoms with Gasteiger partial charge in [-0.15, -0.1) is 0 Å². The zero-order valence-corrected chi connectivity index (χ0v) is 9.28. The van der Waals surface area contributed by atoms with Crippen molar-refractivity contribution < 1.29 is 18.7 Å². The van der Waals surface area contributed by atoms with Gasteiger partial charge in [-0.2, -0.15) is 0 Å². The largest absolute Gasteiger partial charge is 0.480 e. The Hall–Kier alpha value is -1.75. The summed E-state index contributed by atoms with van der Waals surface area (Å²) in [5.41, 5.74) is 0.260. The monoisotopic (exact) mass is 241 g/mol. The van der Waals surface area contributed by atoms with Crippen LogP contribution in [0.2, 0.25) is 0 Å². The standard InChI is InChI=1S/C12H13F2NO2/c1-8(12(16)17)15-6-2-3-9-4-5-10(13)7-11(9)14/h2-5,7-8,15H,6H2,1H3,(H,16,17)/b3-2+. The van der Waals surface area contributed by atoms with Crippen LogP contribution in [-0.4, -0.2) is 23.7 Å². The summed E-state index contributed by atoms with van der Waals surface area (Å²) >= 11 is 0. The summed E-state index contributed by atoms with van der Waals surface area (Å²) in [6.07, 6.45) is 3.05. The van der Waals surface area contributed by atoms with Crippen LogP contribution in [0.5, 0.6) is 0 Å². The third-order valence-corrected chi connectivity index (χ3v) is 2.17. The van der Waals surface area contributed by atoms with Crippen LogP contribution in [-0.2, 0) is 4.79 Å². The summed E-state index contributed by atoms with van der Waals surface area (Å²) in [5.74, 6) is -2.23. The molecular formula is C12H13F2NO2. The highest BCUT2D eigenvalue weighted by atomic mass is 19.1. The molecule has 1 unspecified atom stereocenters. The second-order valence-electron chi connectivity index (χ2n) is 3.54. The van der Waals surface area contributed by atoms with E-state index in [1.165, 1.54) is 19.1 Å². The molecule has 1 rings (SSSR count). The van der Waals surface area contributed by atoms with E-state index in [2.05, 4.69) is 5.32 Å². The first-order valence-electron chi connectivity index (χ1n) is 5.08. The molecule has 1 aromatic carbocycles. The first-order valence-corrected chi connectivity index (χ1v) is 5.08. The number of carboxylic acids is 1. The summed E-state index contributed by atoms with van der Waals surface area (Å²) in [6.45, 7) is 1.80. The van der Waals surface area contributed by atoms with E-state index in [0.717, 1.165) is 12.1 Å². The van der Waals surface area contributed by atoms with Crippen molar-refractivity contribution in [3.63, 3.8) is 0 Å². The number of nitrogens with one attached hydrogen (secondary N) is 1. The molecule has 0 aliphatic rings. The van der Waals surface area contributed by atoms with Crippen LogP contribution in [0.3, 0.4) is 0 Å². The van der Waals surface area contributed by atoms with Crippen molar-refractivity contribution in [2.75, 3.05) is 6.54 Å². The van der Waals surface area contributed by atoms with Crippen LogP contribution in [0.1, 0.15) is 12.5 Å². The van der Waals surface area contributed by atoms with Crippen molar-refractivity contribution in [3.8, 4) is 0 Å². The summed E-state index contributed by atoms with van der Waals surface area (Å²) in [7, 11) is 0. The Labute approximate surface area is 97.8 Å². The SMILES string of the molecule is CC(NC/C=C/c1ccc(F)cc1F)C(=O)O. The smallest absolute Gasteiger partial charge is 0.320 e. The van der Waals surface area contributed by atoms with Gasteiger partial charge < -0.3 is 10.4 Å². The summed E-state index contributed by atoms with van der Waals surface area (Å²) in [5, 5.41) is 11.3. The minimum atomic E-state index is -0.952. The molecule has 0 heterocycles. The van der Waals surface area contributed by atoms with E-state index in [1.807, 2.05) is 0 Å². The molecule has 0 spiro atoms. The molecule has 0 saturated carbocycles. The van der Waals surface area contributed by atoms with Crippen molar-refractivity contribution in [1.82, 2.24) is 5.32 Å². The Morgan fingerprint density at radius 2 is 2.24 bits per heavy atom. The predicted octanol–water partition coefficient (Wildman–Crippen LogP) is 2.04. The van der Waals surface area contributed by atoms with E-state index in [4.69, 9.17) is 5.11 Å². The Bertz CT molecular complexity index is 433. The van der Waals surface area contributed by atoms with Gasteiger partial charge in [0.25, 0.3) is 0 Å². The van der Waals surface area contributed by atoms with Gasteiger partial charge in [-0.25, -0.2) is 8.78 Å². The maximum atomic E-state index is 13.2. The topological polar surface area (TPSA) is 49.3 Å². The third kappa shape index (κ3) is 4.32. The molecule has 1 atom stereocenters. The minimum absolute atomic E-state index is 0.260. The molecule has 0 aliphatic carbocycles. The predicted molar refractivity (Wildman–Crippen MR) is 60.5 cm³/mol.